The SMILES string of the molecule is C#Cc1ccc(N2CCC(OCc3c(-c4c(C)cccc4Cl)noc3C3CC3)C(F)(F)C2)cc1. The fraction of sp³-hybridized carbons (Fsp3) is 0.370. The van der Waals surface area contributed by atoms with Gasteiger partial charge in [-0.15, -0.1) is 6.42 Å². The van der Waals surface area contributed by atoms with Crippen LogP contribution in [0.4, 0.5) is 14.5 Å². The fourth-order valence-electron chi connectivity index (χ4n) is 4.55. The number of alkyl halides is 2. The van der Waals surface area contributed by atoms with Gasteiger partial charge in [-0.2, -0.15) is 0 Å². The number of rotatable bonds is 6. The van der Waals surface area contributed by atoms with Gasteiger partial charge in [0.05, 0.1) is 18.2 Å². The van der Waals surface area contributed by atoms with Crippen LogP contribution < -0.4 is 4.90 Å². The number of hydrogen-bond donors (Lipinski definition) is 0. The number of halogens is 3. The molecule has 1 aliphatic carbocycles. The van der Waals surface area contributed by atoms with Gasteiger partial charge >= 0.3 is 0 Å². The Kier molecular flexibility index (Phi) is 6.09. The van der Waals surface area contributed by atoms with Crippen LogP contribution in [0.5, 0.6) is 0 Å². The van der Waals surface area contributed by atoms with E-state index in [4.69, 9.17) is 27.3 Å². The second-order valence-corrected chi connectivity index (χ2v) is 9.45. The molecule has 1 saturated carbocycles. The minimum atomic E-state index is -3.01. The van der Waals surface area contributed by atoms with Crippen LogP contribution in [0.15, 0.2) is 47.0 Å². The number of anilines is 1. The van der Waals surface area contributed by atoms with E-state index in [1.54, 1.807) is 35.2 Å². The predicted octanol–water partition coefficient (Wildman–Crippen LogP) is 6.59. The maximum absolute atomic E-state index is 15.1. The van der Waals surface area contributed by atoms with E-state index in [2.05, 4.69) is 11.1 Å². The standard InChI is InChI=1S/C27H25ClF2N2O2/c1-3-18-7-11-20(12-8-18)32-14-13-23(27(29,30)16-32)33-15-21-25(31-34-26(21)19-9-10-19)24-17(2)5-4-6-22(24)28/h1,4-8,11-12,19,23H,9-10,13-16H2,2H3. The topological polar surface area (TPSA) is 38.5 Å². The molecule has 0 spiro atoms. The summed E-state index contributed by atoms with van der Waals surface area (Å²) in [4.78, 5) is 1.67. The Balaban J connectivity index is 1.34. The van der Waals surface area contributed by atoms with E-state index < -0.39 is 18.6 Å². The van der Waals surface area contributed by atoms with E-state index in [-0.39, 0.29) is 18.9 Å². The molecule has 3 aromatic rings. The van der Waals surface area contributed by atoms with Gasteiger partial charge in [0.2, 0.25) is 0 Å². The third-order valence-electron chi connectivity index (χ3n) is 6.59. The number of piperidine rings is 1. The number of aromatic nitrogens is 1. The Bertz CT molecular complexity index is 1210. The second-order valence-electron chi connectivity index (χ2n) is 9.04. The number of aryl methyl sites for hydroxylation is 1. The van der Waals surface area contributed by atoms with Gasteiger partial charge in [-0.05, 0) is 62.1 Å². The van der Waals surface area contributed by atoms with Crippen LogP contribution in [0.3, 0.4) is 0 Å². The maximum Gasteiger partial charge on any atom is 0.290 e. The summed E-state index contributed by atoms with van der Waals surface area (Å²) >= 11 is 6.47. The summed E-state index contributed by atoms with van der Waals surface area (Å²) in [5.41, 5.74) is 4.46. The molecule has 0 radical (unpaired) electrons. The van der Waals surface area contributed by atoms with Gasteiger partial charge in [0.1, 0.15) is 17.6 Å². The number of benzene rings is 2. The van der Waals surface area contributed by atoms with Crippen molar-refractivity contribution in [2.24, 2.45) is 0 Å². The molecule has 2 heterocycles. The van der Waals surface area contributed by atoms with Crippen molar-refractivity contribution in [1.82, 2.24) is 5.16 Å². The number of nitrogens with zero attached hydrogens (tertiary/aromatic N) is 2. The normalized spacial score (nSPS) is 19.7. The quantitative estimate of drug-likeness (QED) is 0.371. The molecule has 1 unspecified atom stereocenters. The zero-order chi connectivity index (χ0) is 23.9. The fourth-order valence-corrected chi connectivity index (χ4v) is 4.86. The van der Waals surface area contributed by atoms with Crippen molar-refractivity contribution in [2.45, 2.75) is 50.7 Å². The summed E-state index contributed by atoms with van der Waals surface area (Å²) < 4.78 is 41.8. The monoisotopic (exact) mass is 482 g/mol. The van der Waals surface area contributed by atoms with Crippen molar-refractivity contribution in [3.05, 3.63) is 69.9 Å². The average molecular weight is 483 g/mol. The van der Waals surface area contributed by atoms with Crippen molar-refractivity contribution in [3.8, 4) is 23.6 Å². The molecule has 0 bridgehead atoms. The molecule has 2 aliphatic rings. The first-order chi connectivity index (χ1) is 16.4. The zero-order valence-electron chi connectivity index (χ0n) is 18.9. The van der Waals surface area contributed by atoms with Crippen LogP contribution in [-0.2, 0) is 11.3 Å². The molecular weight excluding hydrogens is 458 g/mol. The lowest BCUT2D eigenvalue weighted by Gasteiger charge is -2.39. The van der Waals surface area contributed by atoms with E-state index >= 15 is 8.78 Å². The molecule has 1 atom stereocenters. The lowest BCUT2D eigenvalue weighted by Crippen LogP contribution is -2.52. The third kappa shape index (κ3) is 4.43. The molecule has 4 nitrogen and oxygen atoms in total. The molecule has 0 amide bonds. The second kappa shape index (κ2) is 9.05. The number of terminal acetylenes is 1. The first-order valence-electron chi connectivity index (χ1n) is 11.4. The van der Waals surface area contributed by atoms with E-state index in [1.807, 2.05) is 19.1 Å². The van der Waals surface area contributed by atoms with Gasteiger partial charge in [-0.1, -0.05) is 34.8 Å². The van der Waals surface area contributed by atoms with Gasteiger partial charge in [0, 0.05) is 34.8 Å². The van der Waals surface area contributed by atoms with E-state index in [9.17, 15) is 0 Å². The van der Waals surface area contributed by atoms with Gasteiger partial charge in [-0.25, -0.2) is 8.78 Å². The Hall–Kier alpha value is -2.88. The molecule has 2 fully saturated rings. The van der Waals surface area contributed by atoms with Crippen LogP contribution in [0, 0.1) is 19.3 Å². The summed E-state index contributed by atoms with van der Waals surface area (Å²) in [6.07, 6.45) is 6.39. The first kappa shape index (κ1) is 22.9. The summed E-state index contributed by atoms with van der Waals surface area (Å²) in [7, 11) is 0. The Morgan fingerprint density at radius 2 is 1.97 bits per heavy atom. The van der Waals surface area contributed by atoms with Crippen LogP contribution in [0.1, 0.15) is 47.6 Å². The minimum Gasteiger partial charge on any atom is -0.367 e. The summed E-state index contributed by atoms with van der Waals surface area (Å²) in [5, 5.41) is 4.83. The lowest BCUT2D eigenvalue weighted by atomic mass is 10.00. The first-order valence-corrected chi connectivity index (χ1v) is 11.8. The Morgan fingerprint density at radius 1 is 1.21 bits per heavy atom. The van der Waals surface area contributed by atoms with Crippen molar-refractivity contribution < 1.29 is 18.0 Å². The summed E-state index contributed by atoms with van der Waals surface area (Å²) in [6.45, 7) is 2.00. The minimum absolute atomic E-state index is 0.00640. The number of ether oxygens (including phenoxy) is 1. The van der Waals surface area contributed by atoms with Crippen LogP contribution in [0.2, 0.25) is 5.02 Å². The number of hydrogen-bond acceptors (Lipinski definition) is 4. The molecule has 34 heavy (non-hydrogen) atoms. The predicted molar refractivity (Wildman–Crippen MR) is 128 cm³/mol. The van der Waals surface area contributed by atoms with Crippen LogP contribution in [0.25, 0.3) is 11.3 Å². The summed E-state index contributed by atoms with van der Waals surface area (Å²) in [5.74, 6) is 0.515. The summed E-state index contributed by atoms with van der Waals surface area (Å²) in [6, 6.07) is 12.7. The molecule has 1 aliphatic heterocycles. The molecule has 7 heteroatoms. The van der Waals surface area contributed by atoms with Crippen molar-refractivity contribution >= 4 is 17.3 Å². The molecule has 1 aromatic heterocycles. The van der Waals surface area contributed by atoms with E-state index in [0.717, 1.165) is 46.5 Å². The van der Waals surface area contributed by atoms with Crippen molar-refractivity contribution in [2.75, 3.05) is 18.0 Å². The highest BCUT2D eigenvalue weighted by Crippen LogP contribution is 2.46. The molecule has 5 rings (SSSR count). The van der Waals surface area contributed by atoms with E-state index in [0.29, 0.717) is 17.3 Å². The highest BCUT2D eigenvalue weighted by atomic mass is 35.5. The highest BCUT2D eigenvalue weighted by Gasteiger charge is 2.46. The molecule has 2 aromatic carbocycles. The van der Waals surface area contributed by atoms with Gasteiger partial charge < -0.3 is 14.2 Å². The Morgan fingerprint density at radius 3 is 2.62 bits per heavy atom. The van der Waals surface area contributed by atoms with Gasteiger partial charge in [0.25, 0.3) is 5.92 Å². The Labute approximate surface area is 202 Å². The highest BCUT2D eigenvalue weighted by molar-refractivity contribution is 6.33. The van der Waals surface area contributed by atoms with Gasteiger partial charge in [0.15, 0.2) is 0 Å². The molecule has 0 N–H and O–H groups in total. The zero-order valence-corrected chi connectivity index (χ0v) is 19.6. The maximum atomic E-state index is 15.1. The third-order valence-corrected chi connectivity index (χ3v) is 6.90. The molecule has 176 valence electrons. The van der Waals surface area contributed by atoms with Crippen LogP contribution >= 0.6 is 11.6 Å². The smallest absolute Gasteiger partial charge is 0.290 e. The van der Waals surface area contributed by atoms with Crippen molar-refractivity contribution in [1.29, 1.82) is 0 Å². The largest absolute Gasteiger partial charge is 0.367 e. The lowest BCUT2D eigenvalue weighted by molar-refractivity contribution is -0.148. The van der Waals surface area contributed by atoms with Crippen molar-refractivity contribution in [3.63, 3.8) is 0 Å². The van der Waals surface area contributed by atoms with Crippen LogP contribution in [-0.4, -0.2) is 30.3 Å². The molecular formula is C27H25ClF2N2O2. The average Bonchev–Trinajstić information content (AvgIpc) is 3.58. The van der Waals surface area contributed by atoms with E-state index in [1.165, 1.54) is 0 Å². The molecule has 1 saturated heterocycles. The van der Waals surface area contributed by atoms with Gasteiger partial charge in [-0.3, -0.25) is 0 Å².